The second kappa shape index (κ2) is 14.1. The Balaban J connectivity index is -0.000000140. The Morgan fingerprint density at radius 3 is 1.36 bits per heavy atom. The summed E-state index contributed by atoms with van der Waals surface area (Å²) in [6.45, 7) is 0. The minimum atomic E-state index is -3.24. The molecule has 0 bridgehead atoms. The summed E-state index contributed by atoms with van der Waals surface area (Å²) < 4.78 is 21.6. The van der Waals surface area contributed by atoms with Crippen molar-refractivity contribution in [3.05, 3.63) is 0 Å². The van der Waals surface area contributed by atoms with Crippen molar-refractivity contribution < 1.29 is 50.5 Å². The van der Waals surface area contributed by atoms with Gasteiger partial charge in [0.15, 0.2) is 0 Å². The number of hydrogen-bond acceptors (Lipinski definition) is 5. The molecule has 0 radical (unpaired) electrons. The fourth-order valence-electron chi connectivity index (χ4n) is 0.0544. The summed E-state index contributed by atoms with van der Waals surface area (Å²) in [5, 5.41) is 0.194. The van der Waals surface area contributed by atoms with Gasteiger partial charge in [-0.05, 0) is 9.13 Å². The van der Waals surface area contributed by atoms with Gasteiger partial charge in [0.05, 0.1) is 5.34 Å². The van der Waals surface area contributed by atoms with Crippen LogP contribution in [-0.2, 0) is 40.7 Å². The molecule has 0 saturated carbocycles. The molecule has 0 aromatic heterocycles. The first-order valence-corrected chi connectivity index (χ1v) is 4.89. The van der Waals surface area contributed by atoms with E-state index in [1.54, 1.807) is 0 Å². The average Bonchev–Trinajstić information content (AvgIpc) is 1.62. The predicted molar refractivity (Wildman–Crippen MR) is 32.9 cm³/mol. The zero-order valence-corrected chi connectivity index (χ0v) is 12.4. The molecule has 0 fully saturated rings. The Labute approximate surface area is 95.1 Å². The van der Waals surface area contributed by atoms with Crippen molar-refractivity contribution in [3.8, 4) is 0 Å². The third-order valence-corrected chi connectivity index (χ3v) is 1.20. The van der Waals surface area contributed by atoms with Crippen molar-refractivity contribution in [1.82, 2.24) is 0 Å². The zero-order valence-electron chi connectivity index (χ0n) is 5.11. The number of halogens is 2. The van der Waals surface area contributed by atoms with Gasteiger partial charge in [0, 0.05) is 0 Å². The third kappa shape index (κ3) is 34.1. The standard InChI is InChI=1S/CH2Cl2.Cd.O5P2/c2-1-3;;1-6(2)5-7(3)4/h1H2;;/q;+2;. The van der Waals surface area contributed by atoms with Gasteiger partial charge in [-0.1, -0.05) is 0 Å². The first-order chi connectivity index (χ1) is 4.54. The molecule has 0 amide bonds. The largest absolute Gasteiger partial charge is 2.00 e. The number of alkyl halides is 2. The van der Waals surface area contributed by atoms with Crippen molar-refractivity contribution in [2.45, 2.75) is 0 Å². The second-order valence-electron chi connectivity index (χ2n) is 0.630. The molecule has 0 aliphatic heterocycles. The molecule has 0 rings (SSSR count). The Kier molecular flexibility index (Phi) is 23.6. The van der Waals surface area contributed by atoms with Gasteiger partial charge in [-0.3, -0.25) is 0 Å². The van der Waals surface area contributed by atoms with Crippen molar-refractivity contribution in [1.29, 1.82) is 0 Å². The van der Waals surface area contributed by atoms with Crippen LogP contribution in [0.1, 0.15) is 0 Å². The normalized spacial score (nSPS) is 10.2. The molecular formula is CH2CdCl2O5P2+2. The van der Waals surface area contributed by atoms with E-state index in [0.717, 1.165) is 0 Å². The fraction of sp³-hybridized carbons (Fsp3) is 1.00. The zero-order chi connectivity index (χ0) is 8.57. The molecule has 11 heavy (non-hydrogen) atoms. The molecule has 0 aromatic rings. The van der Waals surface area contributed by atoms with Crippen LogP contribution in [0.5, 0.6) is 0 Å². The number of hydrogen-bond donors (Lipinski definition) is 0. The van der Waals surface area contributed by atoms with Crippen LogP contribution in [0, 0.1) is 0 Å². The van der Waals surface area contributed by atoms with Gasteiger partial charge in [0.1, 0.15) is 4.31 Å². The van der Waals surface area contributed by atoms with Crippen LogP contribution in [-0.4, -0.2) is 5.34 Å². The van der Waals surface area contributed by atoms with Gasteiger partial charge in [-0.2, -0.15) is 0 Å². The van der Waals surface area contributed by atoms with Crippen LogP contribution < -0.4 is 9.79 Å². The number of rotatable bonds is 2. The van der Waals surface area contributed by atoms with E-state index in [0.29, 0.717) is 0 Å². The molecule has 5 nitrogen and oxygen atoms in total. The maximum Gasteiger partial charge on any atom is 2.00 e. The van der Waals surface area contributed by atoms with Gasteiger partial charge >= 0.3 is 43.8 Å². The summed E-state index contributed by atoms with van der Waals surface area (Å²) in [5.74, 6) is 0. The Morgan fingerprint density at radius 2 is 1.36 bits per heavy atom. The molecule has 2 atom stereocenters. The van der Waals surface area contributed by atoms with E-state index in [4.69, 9.17) is 23.2 Å². The summed E-state index contributed by atoms with van der Waals surface area (Å²) in [6.07, 6.45) is 0. The van der Waals surface area contributed by atoms with Gasteiger partial charge in [0.25, 0.3) is 0 Å². The topological polar surface area (TPSA) is 89.5 Å². The van der Waals surface area contributed by atoms with Gasteiger partial charge in [-0.15, -0.1) is 23.2 Å². The molecule has 0 spiro atoms. The minimum absolute atomic E-state index is 0. The fourth-order valence-corrected chi connectivity index (χ4v) is 0.490. The summed E-state index contributed by atoms with van der Waals surface area (Å²) in [6, 6.07) is 0. The molecule has 60 valence electrons. The first kappa shape index (κ1) is 18.4. The summed E-state index contributed by atoms with van der Waals surface area (Å²) in [7, 11) is -6.47. The molecule has 0 aromatic carbocycles. The van der Waals surface area contributed by atoms with E-state index in [1.165, 1.54) is 0 Å². The Hall–Kier alpha value is 1.58. The van der Waals surface area contributed by atoms with Crippen molar-refractivity contribution >= 4 is 39.7 Å². The monoisotopic (exact) mass is 340 g/mol. The second-order valence-corrected chi connectivity index (χ2v) is 2.99. The van der Waals surface area contributed by atoms with E-state index in [9.17, 15) is 18.9 Å². The average molecular weight is 339 g/mol. The van der Waals surface area contributed by atoms with Crippen LogP contribution in [0.15, 0.2) is 0 Å². The minimum Gasteiger partial charge on any atom is -0.563 e. The van der Waals surface area contributed by atoms with Gasteiger partial charge in [-0.25, -0.2) is 0 Å². The first-order valence-electron chi connectivity index (χ1n) is 1.63. The third-order valence-electron chi connectivity index (χ3n) is 0.133. The van der Waals surface area contributed by atoms with Crippen molar-refractivity contribution in [3.63, 3.8) is 0 Å². The molecule has 0 saturated heterocycles. The van der Waals surface area contributed by atoms with E-state index >= 15 is 0 Å². The molecule has 0 aliphatic carbocycles. The molecular weight excluding hydrogens is 337 g/mol. The summed E-state index contributed by atoms with van der Waals surface area (Å²) >= 11 is 9.53. The molecule has 0 heterocycles. The summed E-state index contributed by atoms with van der Waals surface area (Å²) in [5.41, 5.74) is 0. The van der Waals surface area contributed by atoms with Gasteiger partial charge < -0.3 is 9.79 Å². The van der Waals surface area contributed by atoms with Crippen LogP contribution in [0.3, 0.4) is 0 Å². The van der Waals surface area contributed by atoms with E-state index in [-0.39, 0.29) is 32.6 Å². The van der Waals surface area contributed by atoms with Crippen molar-refractivity contribution in [2.75, 3.05) is 5.34 Å². The van der Waals surface area contributed by atoms with E-state index < -0.39 is 16.5 Å². The molecule has 0 aliphatic rings. The van der Waals surface area contributed by atoms with Crippen LogP contribution in [0.2, 0.25) is 0 Å². The van der Waals surface area contributed by atoms with Gasteiger partial charge in [0.2, 0.25) is 0 Å². The van der Waals surface area contributed by atoms with E-state index in [2.05, 4.69) is 4.31 Å². The Bertz CT molecular complexity index is 109. The van der Waals surface area contributed by atoms with Crippen molar-refractivity contribution in [2.24, 2.45) is 0 Å². The smallest absolute Gasteiger partial charge is 0.563 e. The van der Waals surface area contributed by atoms with Crippen LogP contribution in [0.4, 0.5) is 0 Å². The van der Waals surface area contributed by atoms with E-state index in [1.807, 2.05) is 0 Å². The molecule has 2 unspecified atom stereocenters. The maximum absolute atomic E-state index is 9.24. The molecule has 10 heteroatoms. The maximum atomic E-state index is 9.24. The predicted octanol–water partition coefficient (Wildman–Crippen LogP) is 0.457. The Morgan fingerprint density at radius 1 is 1.18 bits per heavy atom. The molecule has 0 N–H and O–H groups in total. The van der Waals surface area contributed by atoms with Crippen LogP contribution in [0.25, 0.3) is 0 Å². The quantitative estimate of drug-likeness (QED) is 0.414. The summed E-state index contributed by atoms with van der Waals surface area (Å²) in [4.78, 5) is 18.5. The SMILES string of the molecule is ClCCl.O=[P+]([O-])O[P+](=O)[O-].[Cd+2]. The van der Waals surface area contributed by atoms with Crippen LogP contribution >= 0.6 is 39.7 Å².